The summed E-state index contributed by atoms with van der Waals surface area (Å²) in [7, 11) is 0. The predicted octanol–water partition coefficient (Wildman–Crippen LogP) is 1.72. The lowest BCUT2D eigenvalue weighted by atomic mass is 10.1. The number of piperazine rings is 2. The van der Waals surface area contributed by atoms with Crippen molar-refractivity contribution >= 4 is 23.4 Å². The first-order chi connectivity index (χ1) is 17.0. The van der Waals surface area contributed by atoms with Gasteiger partial charge in [0.1, 0.15) is 6.04 Å². The molecule has 35 heavy (non-hydrogen) atoms. The van der Waals surface area contributed by atoms with E-state index in [1.165, 1.54) is 5.56 Å². The van der Waals surface area contributed by atoms with Crippen LogP contribution in [0.3, 0.4) is 0 Å². The second-order valence-electron chi connectivity index (χ2n) is 9.19. The van der Waals surface area contributed by atoms with Gasteiger partial charge in [-0.2, -0.15) is 0 Å². The Kier molecular flexibility index (Phi) is 8.50. The summed E-state index contributed by atoms with van der Waals surface area (Å²) in [5.74, 6) is -0.625. The molecule has 0 aliphatic carbocycles. The van der Waals surface area contributed by atoms with E-state index in [2.05, 4.69) is 44.7 Å². The van der Waals surface area contributed by atoms with Crippen LogP contribution in [-0.2, 0) is 27.3 Å². The van der Waals surface area contributed by atoms with E-state index in [-0.39, 0.29) is 30.7 Å². The second kappa shape index (κ2) is 12.0. The maximum atomic E-state index is 13.2. The first kappa shape index (κ1) is 24.9. The van der Waals surface area contributed by atoms with Gasteiger partial charge in [-0.05, 0) is 23.6 Å². The Morgan fingerprint density at radius 1 is 0.943 bits per heavy atom. The standard InChI is InChI=1S/C27H35N5O3/c1-2-22-10-6-7-11-23(22)29-25(33)18-24-27(35)28-12-13-32(24)26(34)20-31-16-14-30(15-17-31)19-21-8-4-3-5-9-21/h3-11,24H,2,12-20H2,1H3,(H,28,35)(H,29,33)/t24-/m1/s1. The molecule has 0 aromatic heterocycles. The van der Waals surface area contributed by atoms with Crippen LogP contribution in [0.5, 0.6) is 0 Å². The van der Waals surface area contributed by atoms with Gasteiger partial charge in [-0.25, -0.2) is 0 Å². The molecular formula is C27H35N5O3. The summed E-state index contributed by atoms with van der Waals surface area (Å²) in [5, 5.41) is 5.73. The minimum atomic E-state index is -0.788. The minimum Gasteiger partial charge on any atom is -0.353 e. The molecule has 1 atom stereocenters. The normalized spacial score (nSPS) is 19.3. The Balaban J connectivity index is 1.30. The summed E-state index contributed by atoms with van der Waals surface area (Å²) in [6.07, 6.45) is 0.740. The van der Waals surface area contributed by atoms with Crippen molar-refractivity contribution in [3.63, 3.8) is 0 Å². The number of amides is 3. The maximum Gasteiger partial charge on any atom is 0.243 e. The molecule has 2 N–H and O–H groups in total. The lowest BCUT2D eigenvalue weighted by molar-refractivity contribution is -0.145. The van der Waals surface area contributed by atoms with Gasteiger partial charge in [0.05, 0.1) is 13.0 Å². The Hall–Kier alpha value is -3.23. The quantitative estimate of drug-likeness (QED) is 0.605. The zero-order valence-electron chi connectivity index (χ0n) is 20.4. The van der Waals surface area contributed by atoms with Crippen molar-refractivity contribution in [1.82, 2.24) is 20.0 Å². The van der Waals surface area contributed by atoms with Gasteiger partial charge in [-0.1, -0.05) is 55.5 Å². The van der Waals surface area contributed by atoms with Crippen molar-refractivity contribution in [2.24, 2.45) is 0 Å². The number of hydrogen-bond donors (Lipinski definition) is 2. The first-order valence-electron chi connectivity index (χ1n) is 12.5. The van der Waals surface area contributed by atoms with Gasteiger partial charge in [-0.15, -0.1) is 0 Å². The highest BCUT2D eigenvalue weighted by molar-refractivity contribution is 5.98. The fraction of sp³-hybridized carbons (Fsp3) is 0.444. The Labute approximate surface area is 207 Å². The molecule has 0 bridgehead atoms. The number of para-hydroxylation sites is 1. The van der Waals surface area contributed by atoms with Crippen LogP contribution in [0.2, 0.25) is 0 Å². The van der Waals surface area contributed by atoms with Crippen LogP contribution in [0.25, 0.3) is 0 Å². The molecule has 0 spiro atoms. The largest absolute Gasteiger partial charge is 0.353 e. The Morgan fingerprint density at radius 3 is 2.37 bits per heavy atom. The van der Waals surface area contributed by atoms with Crippen molar-refractivity contribution < 1.29 is 14.4 Å². The summed E-state index contributed by atoms with van der Waals surface area (Å²) in [6.45, 7) is 7.43. The molecule has 2 fully saturated rings. The molecule has 3 amide bonds. The summed E-state index contributed by atoms with van der Waals surface area (Å²) in [5.41, 5.74) is 3.08. The average Bonchev–Trinajstić information content (AvgIpc) is 2.87. The van der Waals surface area contributed by atoms with Crippen LogP contribution < -0.4 is 10.6 Å². The van der Waals surface area contributed by atoms with Crippen LogP contribution in [0, 0.1) is 0 Å². The zero-order valence-corrected chi connectivity index (χ0v) is 20.4. The molecule has 8 heteroatoms. The van der Waals surface area contributed by atoms with Gasteiger partial charge in [-0.3, -0.25) is 24.2 Å². The SMILES string of the molecule is CCc1ccccc1NC(=O)C[C@@H]1C(=O)NCCN1C(=O)CN1CCN(Cc2ccccc2)CC1. The Bertz CT molecular complexity index is 1020. The number of nitrogens with zero attached hydrogens (tertiary/aromatic N) is 3. The molecule has 2 heterocycles. The summed E-state index contributed by atoms with van der Waals surface area (Å²) >= 11 is 0. The number of carbonyl (C=O) groups is 3. The molecule has 2 aromatic rings. The highest BCUT2D eigenvalue weighted by Crippen LogP contribution is 2.18. The Morgan fingerprint density at radius 2 is 1.63 bits per heavy atom. The fourth-order valence-corrected chi connectivity index (χ4v) is 4.77. The van der Waals surface area contributed by atoms with E-state index in [9.17, 15) is 14.4 Å². The third-order valence-corrected chi connectivity index (χ3v) is 6.78. The summed E-state index contributed by atoms with van der Waals surface area (Å²) in [6, 6.07) is 17.2. The average molecular weight is 478 g/mol. The van der Waals surface area contributed by atoms with Crippen LogP contribution >= 0.6 is 0 Å². The molecule has 2 aromatic carbocycles. The van der Waals surface area contributed by atoms with Crippen molar-refractivity contribution in [1.29, 1.82) is 0 Å². The summed E-state index contributed by atoms with van der Waals surface area (Å²) < 4.78 is 0. The number of anilines is 1. The minimum absolute atomic E-state index is 0.0551. The number of rotatable bonds is 8. The van der Waals surface area contributed by atoms with E-state index < -0.39 is 6.04 Å². The van der Waals surface area contributed by atoms with Crippen LogP contribution in [0.4, 0.5) is 5.69 Å². The van der Waals surface area contributed by atoms with Crippen molar-refractivity contribution in [3.8, 4) is 0 Å². The third kappa shape index (κ3) is 6.68. The molecule has 8 nitrogen and oxygen atoms in total. The first-order valence-corrected chi connectivity index (χ1v) is 12.5. The molecule has 2 aliphatic heterocycles. The summed E-state index contributed by atoms with van der Waals surface area (Å²) in [4.78, 5) is 44.7. The number of benzene rings is 2. The highest BCUT2D eigenvalue weighted by Gasteiger charge is 2.35. The maximum absolute atomic E-state index is 13.2. The highest BCUT2D eigenvalue weighted by atomic mass is 16.2. The van der Waals surface area contributed by atoms with Gasteiger partial charge in [0.15, 0.2) is 0 Å². The topological polar surface area (TPSA) is 85.0 Å². The second-order valence-corrected chi connectivity index (χ2v) is 9.19. The van der Waals surface area contributed by atoms with Gasteiger partial charge in [0.25, 0.3) is 0 Å². The number of aryl methyl sites for hydroxylation is 1. The molecule has 0 unspecified atom stereocenters. The van der Waals surface area contributed by atoms with Crippen LogP contribution in [0.15, 0.2) is 54.6 Å². The molecule has 0 saturated carbocycles. The van der Waals surface area contributed by atoms with Crippen LogP contribution in [0.1, 0.15) is 24.5 Å². The van der Waals surface area contributed by atoms with Crippen molar-refractivity contribution in [2.75, 3.05) is 51.1 Å². The fourth-order valence-electron chi connectivity index (χ4n) is 4.77. The molecule has 4 rings (SSSR count). The van der Waals surface area contributed by atoms with E-state index in [4.69, 9.17) is 0 Å². The molecule has 0 radical (unpaired) electrons. The van der Waals surface area contributed by atoms with E-state index in [1.807, 2.05) is 37.3 Å². The molecule has 2 aliphatic rings. The van der Waals surface area contributed by atoms with Gasteiger partial charge in [0, 0.05) is 51.5 Å². The predicted molar refractivity (Wildman–Crippen MR) is 136 cm³/mol. The van der Waals surface area contributed by atoms with Gasteiger partial charge in [0.2, 0.25) is 17.7 Å². The van der Waals surface area contributed by atoms with Crippen LogP contribution in [-0.4, -0.2) is 84.3 Å². The smallest absolute Gasteiger partial charge is 0.243 e. The molecule has 2 saturated heterocycles. The lowest BCUT2D eigenvalue weighted by Crippen LogP contribution is -2.60. The molecular weight excluding hydrogens is 442 g/mol. The number of nitrogens with one attached hydrogen (secondary N) is 2. The van der Waals surface area contributed by atoms with E-state index in [0.717, 1.165) is 50.4 Å². The van der Waals surface area contributed by atoms with E-state index in [0.29, 0.717) is 13.1 Å². The van der Waals surface area contributed by atoms with E-state index >= 15 is 0 Å². The monoisotopic (exact) mass is 477 g/mol. The van der Waals surface area contributed by atoms with Crippen molar-refractivity contribution in [3.05, 3.63) is 65.7 Å². The zero-order chi connectivity index (χ0) is 24.6. The van der Waals surface area contributed by atoms with Gasteiger partial charge < -0.3 is 15.5 Å². The number of carbonyl (C=O) groups excluding carboxylic acids is 3. The third-order valence-electron chi connectivity index (χ3n) is 6.78. The van der Waals surface area contributed by atoms with E-state index in [1.54, 1.807) is 4.90 Å². The lowest BCUT2D eigenvalue weighted by Gasteiger charge is -2.38. The molecule has 186 valence electrons. The van der Waals surface area contributed by atoms with Crippen molar-refractivity contribution in [2.45, 2.75) is 32.4 Å². The van der Waals surface area contributed by atoms with Gasteiger partial charge >= 0.3 is 0 Å². The number of hydrogen-bond acceptors (Lipinski definition) is 5.